The van der Waals surface area contributed by atoms with Gasteiger partial charge in [-0.25, -0.2) is 0 Å². The lowest BCUT2D eigenvalue weighted by atomic mass is 10.2. The van der Waals surface area contributed by atoms with E-state index in [9.17, 15) is 9.59 Å². The summed E-state index contributed by atoms with van der Waals surface area (Å²) >= 11 is 1.45. The molecule has 2 amide bonds. The first-order valence-electron chi connectivity index (χ1n) is 5.80. The average Bonchev–Trinajstić information content (AvgIpc) is 2.75. The van der Waals surface area contributed by atoms with Gasteiger partial charge in [-0.05, 0) is 37.3 Å². The Kier molecular flexibility index (Phi) is 3.97. The van der Waals surface area contributed by atoms with E-state index in [-0.39, 0.29) is 11.8 Å². The molecule has 0 aliphatic rings. The van der Waals surface area contributed by atoms with Crippen LogP contribution in [0.15, 0.2) is 36.4 Å². The van der Waals surface area contributed by atoms with Gasteiger partial charge in [-0.3, -0.25) is 9.59 Å². The predicted molar refractivity (Wildman–Crippen MR) is 77.8 cm³/mol. The zero-order chi connectivity index (χ0) is 13.8. The molecule has 0 unspecified atom stereocenters. The molecule has 5 heteroatoms. The number of carbonyl (C=O) groups excluding carboxylic acids is 2. The molecule has 0 saturated carbocycles. The van der Waals surface area contributed by atoms with Crippen LogP contribution in [0.2, 0.25) is 0 Å². The van der Waals surface area contributed by atoms with Crippen molar-refractivity contribution in [3.05, 3.63) is 46.2 Å². The van der Waals surface area contributed by atoms with Crippen LogP contribution in [-0.4, -0.2) is 11.8 Å². The molecule has 1 aromatic heterocycles. The molecule has 1 aromatic carbocycles. The van der Waals surface area contributed by atoms with Crippen LogP contribution < -0.4 is 10.6 Å². The molecule has 0 atom stereocenters. The molecule has 0 aliphatic carbocycles. The Morgan fingerprint density at radius 2 is 1.74 bits per heavy atom. The zero-order valence-electron chi connectivity index (χ0n) is 10.7. The molecule has 0 spiro atoms. The maximum atomic E-state index is 12.0. The highest BCUT2D eigenvalue weighted by molar-refractivity contribution is 7.14. The summed E-state index contributed by atoms with van der Waals surface area (Å²) in [5.74, 6) is -0.282. The number of benzene rings is 1. The first kappa shape index (κ1) is 13.3. The quantitative estimate of drug-likeness (QED) is 0.902. The fourth-order valence-corrected chi connectivity index (χ4v) is 2.39. The average molecular weight is 274 g/mol. The fourth-order valence-electron chi connectivity index (χ4n) is 1.63. The number of rotatable bonds is 3. The second-order valence-electron chi connectivity index (χ2n) is 4.13. The van der Waals surface area contributed by atoms with Gasteiger partial charge in [0.15, 0.2) is 0 Å². The third-order valence-corrected chi connectivity index (χ3v) is 3.40. The monoisotopic (exact) mass is 274 g/mol. The SMILES string of the molecule is CC(=O)Nc1cccc(NC(=O)c2ccc(C)s2)c1. The molecule has 1 heterocycles. The van der Waals surface area contributed by atoms with Gasteiger partial charge < -0.3 is 10.6 Å². The van der Waals surface area contributed by atoms with Crippen molar-refractivity contribution in [3.8, 4) is 0 Å². The number of amides is 2. The van der Waals surface area contributed by atoms with Gasteiger partial charge in [0.05, 0.1) is 4.88 Å². The van der Waals surface area contributed by atoms with E-state index < -0.39 is 0 Å². The van der Waals surface area contributed by atoms with Gasteiger partial charge in [0.1, 0.15) is 0 Å². The molecule has 0 aliphatic heterocycles. The Morgan fingerprint density at radius 3 is 2.32 bits per heavy atom. The van der Waals surface area contributed by atoms with E-state index in [1.807, 2.05) is 13.0 Å². The lowest BCUT2D eigenvalue weighted by Gasteiger charge is -2.06. The van der Waals surface area contributed by atoms with Gasteiger partial charge >= 0.3 is 0 Å². The number of aryl methyl sites for hydroxylation is 1. The molecule has 19 heavy (non-hydrogen) atoms. The highest BCUT2D eigenvalue weighted by atomic mass is 32.1. The van der Waals surface area contributed by atoms with Crippen LogP contribution in [0.3, 0.4) is 0 Å². The van der Waals surface area contributed by atoms with E-state index in [1.54, 1.807) is 30.3 Å². The van der Waals surface area contributed by atoms with E-state index in [1.165, 1.54) is 18.3 Å². The first-order chi connectivity index (χ1) is 9.04. The molecule has 4 nitrogen and oxygen atoms in total. The summed E-state index contributed by atoms with van der Waals surface area (Å²) in [5, 5.41) is 5.48. The Morgan fingerprint density at radius 1 is 1.05 bits per heavy atom. The van der Waals surface area contributed by atoms with Crippen LogP contribution in [0.4, 0.5) is 11.4 Å². The number of nitrogens with one attached hydrogen (secondary N) is 2. The molecule has 0 saturated heterocycles. The lowest BCUT2D eigenvalue weighted by Crippen LogP contribution is -2.11. The third-order valence-electron chi connectivity index (χ3n) is 2.40. The Balaban J connectivity index is 2.10. The topological polar surface area (TPSA) is 58.2 Å². The van der Waals surface area contributed by atoms with E-state index in [4.69, 9.17) is 0 Å². The van der Waals surface area contributed by atoms with Crippen LogP contribution in [0, 0.1) is 6.92 Å². The molecule has 0 bridgehead atoms. The minimum atomic E-state index is -0.141. The van der Waals surface area contributed by atoms with Crippen molar-refractivity contribution < 1.29 is 9.59 Å². The molecule has 2 N–H and O–H groups in total. The third kappa shape index (κ3) is 3.66. The second kappa shape index (κ2) is 5.67. The van der Waals surface area contributed by atoms with Crippen LogP contribution in [0.5, 0.6) is 0 Å². The van der Waals surface area contributed by atoms with Crippen LogP contribution >= 0.6 is 11.3 Å². The summed E-state index contributed by atoms with van der Waals surface area (Å²) in [6.45, 7) is 3.40. The van der Waals surface area contributed by atoms with E-state index in [0.717, 1.165) is 4.88 Å². The Labute approximate surface area is 115 Å². The molecule has 98 valence electrons. The summed E-state index contributed by atoms with van der Waals surface area (Å²) < 4.78 is 0. The van der Waals surface area contributed by atoms with Gasteiger partial charge in [0.2, 0.25) is 5.91 Å². The molecule has 2 rings (SSSR count). The smallest absolute Gasteiger partial charge is 0.265 e. The summed E-state index contributed by atoms with van der Waals surface area (Å²) in [7, 11) is 0. The van der Waals surface area contributed by atoms with E-state index in [2.05, 4.69) is 10.6 Å². The van der Waals surface area contributed by atoms with Crippen LogP contribution in [0.25, 0.3) is 0 Å². The van der Waals surface area contributed by atoms with Crippen molar-refractivity contribution in [1.82, 2.24) is 0 Å². The number of hydrogen-bond donors (Lipinski definition) is 2. The molecule has 0 radical (unpaired) electrons. The summed E-state index contributed by atoms with van der Waals surface area (Å²) in [6.07, 6.45) is 0. The highest BCUT2D eigenvalue weighted by Gasteiger charge is 2.08. The molecule has 0 fully saturated rings. The number of carbonyl (C=O) groups is 2. The van der Waals surface area contributed by atoms with Crippen molar-refractivity contribution in [2.24, 2.45) is 0 Å². The van der Waals surface area contributed by atoms with Crippen molar-refractivity contribution in [2.75, 3.05) is 10.6 Å². The predicted octanol–water partition coefficient (Wildman–Crippen LogP) is 3.27. The zero-order valence-corrected chi connectivity index (χ0v) is 11.5. The minimum Gasteiger partial charge on any atom is -0.326 e. The maximum Gasteiger partial charge on any atom is 0.265 e. The van der Waals surface area contributed by atoms with Crippen molar-refractivity contribution >= 4 is 34.5 Å². The summed E-state index contributed by atoms with van der Waals surface area (Å²) in [4.78, 5) is 24.7. The van der Waals surface area contributed by atoms with Gasteiger partial charge in [0.25, 0.3) is 5.91 Å². The normalized spacial score (nSPS) is 10.0. The maximum absolute atomic E-state index is 12.0. The highest BCUT2D eigenvalue weighted by Crippen LogP contribution is 2.19. The van der Waals surface area contributed by atoms with Crippen LogP contribution in [-0.2, 0) is 4.79 Å². The minimum absolute atomic E-state index is 0.141. The van der Waals surface area contributed by atoms with Gasteiger partial charge in [-0.15, -0.1) is 11.3 Å². The Bertz CT molecular complexity index is 619. The lowest BCUT2D eigenvalue weighted by molar-refractivity contribution is -0.114. The first-order valence-corrected chi connectivity index (χ1v) is 6.62. The van der Waals surface area contributed by atoms with Gasteiger partial charge in [-0.2, -0.15) is 0 Å². The number of thiophene rings is 1. The van der Waals surface area contributed by atoms with Crippen LogP contribution in [0.1, 0.15) is 21.5 Å². The number of hydrogen-bond acceptors (Lipinski definition) is 3. The summed E-state index contributed by atoms with van der Waals surface area (Å²) in [5.41, 5.74) is 1.31. The van der Waals surface area contributed by atoms with Gasteiger partial charge in [0, 0.05) is 23.2 Å². The second-order valence-corrected chi connectivity index (χ2v) is 5.41. The molecular formula is C14H14N2O2S. The van der Waals surface area contributed by atoms with Gasteiger partial charge in [-0.1, -0.05) is 6.07 Å². The van der Waals surface area contributed by atoms with Crippen molar-refractivity contribution in [1.29, 1.82) is 0 Å². The van der Waals surface area contributed by atoms with E-state index >= 15 is 0 Å². The summed E-state index contributed by atoms with van der Waals surface area (Å²) in [6, 6.07) is 10.8. The standard InChI is InChI=1S/C14H14N2O2S/c1-9-6-7-13(19-9)14(18)16-12-5-3-4-11(8-12)15-10(2)17/h3-8H,1-2H3,(H,15,17)(H,16,18). The number of anilines is 2. The molecular weight excluding hydrogens is 260 g/mol. The Hall–Kier alpha value is -2.14. The van der Waals surface area contributed by atoms with E-state index in [0.29, 0.717) is 16.3 Å². The largest absolute Gasteiger partial charge is 0.326 e. The van der Waals surface area contributed by atoms with Crippen molar-refractivity contribution in [2.45, 2.75) is 13.8 Å². The fraction of sp³-hybridized carbons (Fsp3) is 0.143. The molecule has 2 aromatic rings. The van der Waals surface area contributed by atoms with Crippen molar-refractivity contribution in [3.63, 3.8) is 0 Å².